The number of nitrogens with zero attached hydrogens (tertiary/aromatic N) is 2. The summed E-state index contributed by atoms with van der Waals surface area (Å²) in [4.78, 5) is 21.7. The van der Waals surface area contributed by atoms with Gasteiger partial charge in [-0.1, -0.05) is 41.4 Å². The highest BCUT2D eigenvalue weighted by Crippen LogP contribution is 2.35. The highest BCUT2D eigenvalue weighted by molar-refractivity contribution is 7.15. The van der Waals surface area contributed by atoms with Gasteiger partial charge in [-0.3, -0.25) is 4.79 Å². The average molecular weight is 428 g/mol. The first-order valence-electron chi connectivity index (χ1n) is 9.73. The van der Waals surface area contributed by atoms with Crippen LogP contribution < -0.4 is 14.6 Å². The normalized spacial score (nSPS) is 15.4. The van der Waals surface area contributed by atoms with Crippen LogP contribution in [0.1, 0.15) is 17.2 Å². The number of pyridine rings is 1. The molecule has 31 heavy (non-hydrogen) atoms. The Kier molecular flexibility index (Phi) is 3.82. The number of nitrogens with one attached hydrogen (secondary N) is 1. The molecule has 5 aromatic rings. The molecule has 0 saturated carbocycles. The molecule has 0 fully saturated rings. The molecule has 3 heterocycles. The van der Waals surface area contributed by atoms with E-state index in [1.165, 1.54) is 23.5 Å². The van der Waals surface area contributed by atoms with Gasteiger partial charge < -0.3 is 10.1 Å². The fourth-order valence-electron chi connectivity index (χ4n) is 4.18. The maximum Gasteiger partial charge on any atom is 0.384 e. The van der Waals surface area contributed by atoms with Gasteiger partial charge in [-0.15, -0.1) is 0 Å². The van der Waals surface area contributed by atoms with Crippen LogP contribution in [0.4, 0.5) is 4.39 Å². The number of rotatable bonds is 2. The van der Waals surface area contributed by atoms with Crippen molar-refractivity contribution >= 4 is 32.5 Å². The number of fused-ring (bicyclic) bond motifs is 4. The van der Waals surface area contributed by atoms with Gasteiger partial charge in [0.15, 0.2) is 11.2 Å². The van der Waals surface area contributed by atoms with E-state index in [1.807, 2.05) is 34.6 Å². The fraction of sp³-hybridized carbons (Fsp3) is 0.0417. The Balaban J connectivity index is 1.77. The summed E-state index contributed by atoms with van der Waals surface area (Å²) < 4.78 is 16.5. The van der Waals surface area contributed by atoms with Crippen LogP contribution in [0, 0.1) is 11.5 Å². The minimum atomic E-state index is -0.551. The standard InChI is InChI=1S/C24H14FN3O2S/c25-14-11-9-13(10-12-14)20-21(28-17-7-3-4-8-18(17)31-24(28)27-20)19-22(29)15-5-1-2-6-16(15)26-23(19)30/h1-12,20H,(H,26,29,30)/p+1. The molecule has 1 unspecified atom stereocenters. The van der Waals surface area contributed by atoms with Crippen LogP contribution in [0.25, 0.3) is 21.1 Å². The Hall–Kier alpha value is -3.84. The van der Waals surface area contributed by atoms with E-state index in [9.17, 15) is 14.3 Å². The monoisotopic (exact) mass is 428 g/mol. The third-order valence-electron chi connectivity index (χ3n) is 5.57. The highest BCUT2D eigenvalue weighted by Gasteiger charge is 2.38. The lowest BCUT2D eigenvalue weighted by atomic mass is 9.96. The second kappa shape index (κ2) is 6.58. The summed E-state index contributed by atoms with van der Waals surface area (Å²) in [5.74, 6) is -0.435. The van der Waals surface area contributed by atoms with Crippen molar-refractivity contribution in [3.05, 3.63) is 111 Å². The number of thiazole rings is 1. The van der Waals surface area contributed by atoms with Crippen LogP contribution in [-0.4, -0.2) is 10.1 Å². The van der Waals surface area contributed by atoms with Crippen molar-refractivity contribution in [1.29, 1.82) is 0 Å². The molecule has 0 saturated heterocycles. The van der Waals surface area contributed by atoms with E-state index in [0.717, 1.165) is 20.6 Å². The van der Waals surface area contributed by atoms with E-state index < -0.39 is 11.6 Å². The number of halogens is 1. The molecule has 2 aromatic heterocycles. The van der Waals surface area contributed by atoms with E-state index in [4.69, 9.17) is 4.99 Å². The van der Waals surface area contributed by atoms with E-state index in [0.29, 0.717) is 16.6 Å². The van der Waals surface area contributed by atoms with Crippen LogP contribution in [0.15, 0.2) is 82.6 Å². The van der Waals surface area contributed by atoms with Gasteiger partial charge in [0, 0.05) is 10.9 Å². The van der Waals surface area contributed by atoms with Crippen molar-refractivity contribution in [2.45, 2.75) is 6.04 Å². The Morgan fingerprint density at radius 2 is 1.74 bits per heavy atom. The molecule has 2 N–H and O–H groups in total. The van der Waals surface area contributed by atoms with Gasteiger partial charge in [-0.2, -0.15) is 4.24 Å². The van der Waals surface area contributed by atoms with Crippen molar-refractivity contribution in [3.8, 4) is 5.75 Å². The maximum absolute atomic E-state index is 13.6. The molecular formula is C24H15FN3O2S+. The molecule has 3 aromatic carbocycles. The first kappa shape index (κ1) is 18.0. The van der Waals surface area contributed by atoms with Gasteiger partial charge >= 0.3 is 4.80 Å². The number of H-pyrrole nitrogens is 1. The van der Waals surface area contributed by atoms with E-state index in [2.05, 4.69) is 4.98 Å². The number of benzene rings is 3. The summed E-state index contributed by atoms with van der Waals surface area (Å²) in [6.45, 7) is 0. The molecule has 1 atom stereocenters. The lowest BCUT2D eigenvalue weighted by molar-refractivity contribution is -0.498. The number of hydrogen-bond acceptors (Lipinski definition) is 4. The molecule has 5 nitrogen and oxygen atoms in total. The summed E-state index contributed by atoms with van der Waals surface area (Å²) in [6.07, 6.45) is 0. The highest BCUT2D eigenvalue weighted by atomic mass is 32.1. The molecule has 0 aliphatic carbocycles. The van der Waals surface area contributed by atoms with Crippen molar-refractivity contribution < 1.29 is 13.7 Å². The SMILES string of the molecule is O=c1[nH]c2ccccc2c(O)c1C1=[n+]2c(sc3ccccc32)=NC1c1ccc(F)cc1. The number of aromatic hydroxyl groups is 1. The fourth-order valence-corrected chi connectivity index (χ4v) is 5.23. The van der Waals surface area contributed by atoms with Crippen LogP contribution in [0.5, 0.6) is 5.75 Å². The first-order chi connectivity index (χ1) is 15.1. The zero-order valence-electron chi connectivity index (χ0n) is 16.0. The van der Waals surface area contributed by atoms with Gasteiger partial charge in [0.2, 0.25) is 6.04 Å². The summed E-state index contributed by atoms with van der Waals surface area (Å²) in [5.41, 5.74) is 2.53. The third kappa shape index (κ3) is 2.63. The zero-order valence-corrected chi connectivity index (χ0v) is 16.9. The van der Waals surface area contributed by atoms with Crippen LogP contribution >= 0.6 is 11.3 Å². The molecule has 6 rings (SSSR count). The molecule has 150 valence electrons. The van der Waals surface area contributed by atoms with Crippen LogP contribution in [0.3, 0.4) is 0 Å². The topological polar surface area (TPSA) is 71.4 Å². The molecule has 0 bridgehead atoms. The van der Waals surface area contributed by atoms with Crippen molar-refractivity contribution in [1.82, 2.24) is 4.98 Å². The maximum atomic E-state index is 13.6. The lowest BCUT2D eigenvalue weighted by Crippen LogP contribution is -2.35. The molecular weight excluding hydrogens is 413 g/mol. The van der Waals surface area contributed by atoms with Gasteiger partial charge in [0.1, 0.15) is 17.1 Å². The number of aromatic nitrogens is 2. The summed E-state index contributed by atoms with van der Waals surface area (Å²) >= 11 is 1.51. The zero-order chi connectivity index (χ0) is 21.1. The van der Waals surface area contributed by atoms with Gasteiger partial charge in [0.25, 0.3) is 5.56 Å². The Morgan fingerprint density at radius 3 is 2.58 bits per heavy atom. The number of hydrogen-bond donors (Lipinski definition) is 2. The Labute approximate surface area is 178 Å². The first-order valence-corrected chi connectivity index (χ1v) is 10.5. The summed E-state index contributed by atoms with van der Waals surface area (Å²) in [5, 5.41) is 11.7. The second-order valence-electron chi connectivity index (χ2n) is 7.38. The molecule has 1 aliphatic heterocycles. The number of para-hydroxylation sites is 2. The summed E-state index contributed by atoms with van der Waals surface area (Å²) in [7, 11) is 0. The van der Waals surface area contributed by atoms with Crippen LogP contribution in [0.2, 0.25) is 0 Å². The molecule has 1 aliphatic rings. The van der Waals surface area contributed by atoms with E-state index >= 15 is 0 Å². The number of aromatic amines is 1. The average Bonchev–Trinajstić information content (AvgIpc) is 3.31. The van der Waals surface area contributed by atoms with Gasteiger partial charge in [0.05, 0.1) is 10.2 Å². The minimum absolute atomic E-state index is 0.0905. The van der Waals surface area contributed by atoms with Crippen molar-refractivity contribution in [3.63, 3.8) is 0 Å². The molecule has 7 heteroatoms. The largest absolute Gasteiger partial charge is 0.506 e. The third-order valence-corrected chi connectivity index (χ3v) is 6.61. The summed E-state index contributed by atoms with van der Waals surface area (Å²) in [6, 6.07) is 20.5. The van der Waals surface area contributed by atoms with E-state index in [-0.39, 0.29) is 17.1 Å². The van der Waals surface area contributed by atoms with E-state index in [1.54, 1.807) is 30.3 Å². The van der Waals surface area contributed by atoms with Crippen molar-refractivity contribution in [2.24, 2.45) is 4.99 Å². The Morgan fingerprint density at radius 1 is 1.00 bits per heavy atom. The quantitative estimate of drug-likeness (QED) is 0.421. The lowest BCUT2D eigenvalue weighted by Gasteiger charge is -2.10. The van der Waals surface area contributed by atoms with Crippen LogP contribution in [-0.2, 0) is 0 Å². The Bertz CT molecular complexity index is 1690. The minimum Gasteiger partial charge on any atom is -0.506 e. The van der Waals surface area contributed by atoms with Gasteiger partial charge in [-0.05, 0) is 47.7 Å². The predicted molar refractivity (Wildman–Crippen MR) is 116 cm³/mol. The second-order valence-corrected chi connectivity index (χ2v) is 8.39. The molecule has 0 amide bonds. The predicted octanol–water partition coefficient (Wildman–Crippen LogP) is 3.68. The smallest absolute Gasteiger partial charge is 0.384 e. The van der Waals surface area contributed by atoms with Gasteiger partial charge in [-0.25, -0.2) is 4.39 Å². The van der Waals surface area contributed by atoms with Crippen molar-refractivity contribution in [2.75, 3.05) is 0 Å². The molecule has 0 spiro atoms. The molecule has 0 radical (unpaired) electrons.